The Bertz CT molecular complexity index is 166. The molecule has 0 spiro atoms. The van der Waals surface area contributed by atoms with Crippen LogP contribution >= 0.6 is 0 Å². The van der Waals surface area contributed by atoms with E-state index in [1.165, 1.54) is 0 Å². The van der Waals surface area contributed by atoms with Crippen LogP contribution in [0.15, 0.2) is 12.2 Å². The Hall–Kier alpha value is -0.720. The van der Waals surface area contributed by atoms with Crippen LogP contribution in [-0.2, 0) is 0 Å². The third kappa shape index (κ3) is 5.00. The van der Waals surface area contributed by atoms with Crippen LogP contribution in [0.2, 0.25) is 0 Å². The number of hydrogen-bond donors (Lipinski definition) is 1. The van der Waals surface area contributed by atoms with Gasteiger partial charge in [0.15, 0.2) is 6.10 Å². The smallest absolute Gasteiger partial charge is 0.380 e. The summed E-state index contributed by atoms with van der Waals surface area (Å²) in [6, 6.07) is 0. The fraction of sp³-hybridized carbons (Fsp3) is 0.600. The van der Waals surface area contributed by atoms with E-state index in [0.29, 0.717) is 0 Å². The Labute approximate surface area is 63.3 Å². The lowest BCUT2D eigenvalue weighted by Crippen LogP contribution is -2.26. The van der Waals surface area contributed by atoms with E-state index in [4.69, 9.17) is 5.11 Å². The molecule has 0 saturated heterocycles. The molecule has 0 amide bonds. The third-order valence-corrected chi connectivity index (χ3v) is 0.803. The number of allylic oxidation sites excluding steroid dienone is 1. The monoisotopic (exact) mass is 194 g/mol. The summed E-state index contributed by atoms with van der Waals surface area (Å²) in [5, 5.41) is 8.04. The van der Waals surface area contributed by atoms with E-state index >= 15 is 0 Å². The highest BCUT2D eigenvalue weighted by atomic mass is 19.4. The first-order valence-corrected chi connectivity index (χ1v) is 2.64. The molecule has 0 aromatic rings. The molecule has 1 nitrogen and oxygen atoms in total. The molecule has 0 aliphatic rings. The van der Waals surface area contributed by atoms with Gasteiger partial charge in [0.2, 0.25) is 0 Å². The van der Waals surface area contributed by atoms with Crippen LogP contribution in [0.25, 0.3) is 0 Å². The van der Waals surface area contributed by atoms with Crippen molar-refractivity contribution in [3.05, 3.63) is 12.2 Å². The molecule has 1 N–H and O–H groups in total. The second-order valence-corrected chi connectivity index (χ2v) is 1.89. The highest BCUT2D eigenvalue weighted by molar-refractivity contribution is 4.96. The number of aliphatic hydroxyl groups is 1. The molecule has 7 heteroatoms. The first-order valence-electron chi connectivity index (χ1n) is 2.64. The van der Waals surface area contributed by atoms with E-state index in [1.807, 2.05) is 0 Å². The zero-order valence-corrected chi connectivity index (χ0v) is 5.45. The van der Waals surface area contributed by atoms with Crippen LogP contribution in [-0.4, -0.2) is 23.6 Å². The molecule has 0 rings (SSSR count). The first kappa shape index (κ1) is 11.3. The van der Waals surface area contributed by atoms with Crippen LogP contribution in [0.4, 0.5) is 26.3 Å². The molecule has 0 fully saturated rings. The summed E-state index contributed by atoms with van der Waals surface area (Å²) in [6.07, 6.45) is -14.0. The number of rotatable bonds is 1. The Morgan fingerprint density at radius 2 is 1.42 bits per heavy atom. The largest absolute Gasteiger partial charge is 0.417 e. The van der Waals surface area contributed by atoms with Crippen LogP contribution in [0.3, 0.4) is 0 Å². The first-order chi connectivity index (χ1) is 5.13. The summed E-state index contributed by atoms with van der Waals surface area (Å²) >= 11 is 0. The molecule has 72 valence electrons. The molecule has 0 bridgehead atoms. The van der Waals surface area contributed by atoms with Crippen molar-refractivity contribution in [2.75, 3.05) is 0 Å². The van der Waals surface area contributed by atoms with Gasteiger partial charge in [0, 0.05) is 6.08 Å². The van der Waals surface area contributed by atoms with Crippen LogP contribution < -0.4 is 0 Å². The molecule has 1 unspecified atom stereocenters. The van der Waals surface area contributed by atoms with E-state index in [1.54, 1.807) is 0 Å². The highest BCUT2D eigenvalue weighted by Crippen LogP contribution is 2.23. The van der Waals surface area contributed by atoms with E-state index in [0.717, 1.165) is 0 Å². The van der Waals surface area contributed by atoms with Gasteiger partial charge in [-0.25, -0.2) is 0 Å². The summed E-state index contributed by atoms with van der Waals surface area (Å²) < 4.78 is 67.8. The predicted molar refractivity (Wildman–Crippen MR) is 27.3 cm³/mol. The van der Waals surface area contributed by atoms with Crippen molar-refractivity contribution in [1.29, 1.82) is 0 Å². The Kier molecular flexibility index (Phi) is 3.14. The summed E-state index contributed by atoms with van der Waals surface area (Å²) in [5.74, 6) is 0. The summed E-state index contributed by atoms with van der Waals surface area (Å²) in [5.41, 5.74) is 0. The van der Waals surface area contributed by atoms with Crippen molar-refractivity contribution in [2.24, 2.45) is 0 Å². The minimum absolute atomic E-state index is 0.361. The van der Waals surface area contributed by atoms with Crippen LogP contribution in [0.1, 0.15) is 0 Å². The molecular weight excluding hydrogens is 190 g/mol. The molecule has 0 aromatic carbocycles. The average molecular weight is 194 g/mol. The second-order valence-electron chi connectivity index (χ2n) is 1.89. The zero-order valence-electron chi connectivity index (χ0n) is 5.45. The highest BCUT2D eigenvalue weighted by Gasteiger charge is 2.37. The van der Waals surface area contributed by atoms with Crippen molar-refractivity contribution >= 4 is 0 Å². The van der Waals surface area contributed by atoms with Gasteiger partial charge in [0.25, 0.3) is 0 Å². The maximum absolute atomic E-state index is 11.4. The fourth-order valence-corrected chi connectivity index (χ4v) is 0.309. The normalized spacial score (nSPS) is 16.9. The molecule has 0 radical (unpaired) electrons. The number of halogens is 6. The Morgan fingerprint density at radius 3 is 1.67 bits per heavy atom. The SMILES string of the molecule is OC(C=CC(F)(F)F)C(F)(F)F. The van der Waals surface area contributed by atoms with Crippen molar-refractivity contribution in [3.63, 3.8) is 0 Å². The second kappa shape index (κ2) is 3.34. The molecule has 0 aliphatic carbocycles. The van der Waals surface area contributed by atoms with Gasteiger partial charge in [-0.2, -0.15) is 26.3 Å². The van der Waals surface area contributed by atoms with Crippen molar-refractivity contribution in [2.45, 2.75) is 18.5 Å². The van der Waals surface area contributed by atoms with E-state index in [2.05, 4.69) is 0 Å². The lowest BCUT2D eigenvalue weighted by atomic mass is 10.3. The lowest BCUT2D eigenvalue weighted by molar-refractivity contribution is -0.188. The minimum Gasteiger partial charge on any atom is -0.380 e. The molecule has 1 atom stereocenters. The van der Waals surface area contributed by atoms with Gasteiger partial charge in [0.05, 0.1) is 0 Å². The standard InChI is InChI=1S/C5H4F6O/c6-4(7,8)2-1-3(12)5(9,10)11/h1-3,12H. The molecule has 12 heavy (non-hydrogen) atoms. The molecule has 0 aromatic heterocycles. The maximum Gasteiger partial charge on any atom is 0.417 e. The Balaban J connectivity index is 4.19. The van der Waals surface area contributed by atoms with Crippen LogP contribution in [0.5, 0.6) is 0 Å². The maximum atomic E-state index is 11.4. The van der Waals surface area contributed by atoms with E-state index in [-0.39, 0.29) is 6.08 Å². The Morgan fingerprint density at radius 1 is 1.00 bits per heavy atom. The van der Waals surface area contributed by atoms with Gasteiger partial charge >= 0.3 is 12.4 Å². The minimum atomic E-state index is -5.05. The topological polar surface area (TPSA) is 20.2 Å². The van der Waals surface area contributed by atoms with Gasteiger partial charge in [-0.3, -0.25) is 0 Å². The van der Waals surface area contributed by atoms with Gasteiger partial charge < -0.3 is 5.11 Å². The van der Waals surface area contributed by atoms with E-state index < -0.39 is 24.5 Å². The van der Waals surface area contributed by atoms with Crippen molar-refractivity contribution < 1.29 is 31.4 Å². The van der Waals surface area contributed by atoms with Gasteiger partial charge in [0.1, 0.15) is 0 Å². The van der Waals surface area contributed by atoms with Gasteiger partial charge in [-0.1, -0.05) is 0 Å². The van der Waals surface area contributed by atoms with Gasteiger partial charge in [-0.15, -0.1) is 0 Å². The molecule has 0 aliphatic heterocycles. The number of alkyl halides is 6. The number of aliphatic hydroxyl groups excluding tert-OH is 1. The molecule has 0 heterocycles. The summed E-state index contributed by atoms with van der Waals surface area (Å²) in [7, 11) is 0. The average Bonchev–Trinajstić information content (AvgIpc) is 1.78. The number of hydrogen-bond acceptors (Lipinski definition) is 1. The van der Waals surface area contributed by atoms with Crippen molar-refractivity contribution in [3.8, 4) is 0 Å². The summed E-state index contributed by atoms with van der Waals surface area (Å²) in [4.78, 5) is 0. The molecule has 0 saturated carbocycles. The van der Waals surface area contributed by atoms with Gasteiger partial charge in [-0.05, 0) is 6.08 Å². The lowest BCUT2D eigenvalue weighted by Gasteiger charge is -2.09. The third-order valence-electron chi connectivity index (χ3n) is 0.803. The van der Waals surface area contributed by atoms with Crippen molar-refractivity contribution in [1.82, 2.24) is 0 Å². The zero-order chi connectivity index (χ0) is 9.99. The molecular formula is C5H4F6O. The predicted octanol–water partition coefficient (Wildman–Crippen LogP) is 2.03. The van der Waals surface area contributed by atoms with E-state index in [9.17, 15) is 26.3 Å². The van der Waals surface area contributed by atoms with Crippen LogP contribution in [0, 0.1) is 0 Å². The fourth-order valence-electron chi connectivity index (χ4n) is 0.309. The summed E-state index contributed by atoms with van der Waals surface area (Å²) in [6.45, 7) is 0. The quantitative estimate of drug-likeness (QED) is 0.500.